The normalized spacial score (nSPS) is 11.5. The van der Waals surface area contributed by atoms with Crippen molar-refractivity contribution >= 4 is 22.9 Å². The van der Waals surface area contributed by atoms with E-state index in [0.717, 1.165) is 22.9 Å². The summed E-state index contributed by atoms with van der Waals surface area (Å²) in [5, 5.41) is 22.5. The zero-order chi connectivity index (χ0) is 15.4. The first kappa shape index (κ1) is 14.1. The van der Waals surface area contributed by atoms with Crippen molar-refractivity contribution in [3.8, 4) is 0 Å². The number of nitrogens with one attached hydrogen (secondary N) is 1. The molecule has 3 aromatic heterocycles. The SMILES string of the molecule is O=C(C=C(O)c1nn[nH]n1)c1ccc(Cc2ccncc2)s1. The lowest BCUT2D eigenvalue weighted by Crippen LogP contribution is -1.95. The van der Waals surface area contributed by atoms with Crippen LogP contribution in [0, 0.1) is 0 Å². The number of carbonyl (C=O) groups is 1. The highest BCUT2D eigenvalue weighted by Gasteiger charge is 2.11. The van der Waals surface area contributed by atoms with Crippen molar-refractivity contribution in [2.24, 2.45) is 0 Å². The highest BCUT2D eigenvalue weighted by atomic mass is 32.1. The number of carbonyl (C=O) groups excluding carboxylic acids is 1. The van der Waals surface area contributed by atoms with E-state index in [1.54, 1.807) is 18.5 Å². The van der Waals surface area contributed by atoms with E-state index in [1.165, 1.54) is 11.3 Å². The Hall–Kier alpha value is -2.87. The zero-order valence-electron chi connectivity index (χ0n) is 11.3. The molecule has 110 valence electrons. The number of aliphatic hydroxyl groups excluding tert-OH is 1. The van der Waals surface area contributed by atoms with Crippen molar-refractivity contribution in [3.63, 3.8) is 0 Å². The molecule has 7 nitrogen and oxygen atoms in total. The average molecular weight is 313 g/mol. The summed E-state index contributed by atoms with van der Waals surface area (Å²) in [7, 11) is 0. The van der Waals surface area contributed by atoms with E-state index in [-0.39, 0.29) is 17.4 Å². The van der Waals surface area contributed by atoms with E-state index in [2.05, 4.69) is 25.6 Å². The van der Waals surface area contributed by atoms with Crippen LogP contribution in [0.1, 0.15) is 25.9 Å². The van der Waals surface area contributed by atoms with Crippen LogP contribution in [0.4, 0.5) is 0 Å². The third kappa shape index (κ3) is 3.23. The minimum absolute atomic E-state index is 0.0121. The fourth-order valence-corrected chi connectivity index (χ4v) is 2.79. The van der Waals surface area contributed by atoms with Gasteiger partial charge in [0, 0.05) is 29.8 Å². The molecule has 0 amide bonds. The van der Waals surface area contributed by atoms with Gasteiger partial charge in [0.2, 0.25) is 5.82 Å². The molecule has 0 aliphatic carbocycles. The van der Waals surface area contributed by atoms with Crippen LogP contribution in [0.3, 0.4) is 0 Å². The minimum Gasteiger partial charge on any atom is -0.504 e. The molecule has 0 unspecified atom stereocenters. The molecule has 3 aromatic rings. The molecule has 8 heteroatoms. The van der Waals surface area contributed by atoms with Crippen molar-refractivity contribution in [2.45, 2.75) is 6.42 Å². The number of aromatic nitrogens is 5. The number of hydrogen-bond acceptors (Lipinski definition) is 7. The van der Waals surface area contributed by atoms with Gasteiger partial charge in [0.1, 0.15) is 0 Å². The summed E-state index contributed by atoms with van der Waals surface area (Å²) in [6, 6.07) is 7.51. The van der Waals surface area contributed by atoms with E-state index < -0.39 is 0 Å². The van der Waals surface area contributed by atoms with Crippen molar-refractivity contribution in [1.82, 2.24) is 25.6 Å². The second kappa shape index (κ2) is 6.27. The van der Waals surface area contributed by atoms with Gasteiger partial charge in [-0.2, -0.15) is 5.21 Å². The Kier molecular flexibility index (Phi) is 4.01. The van der Waals surface area contributed by atoms with Gasteiger partial charge in [0.25, 0.3) is 0 Å². The van der Waals surface area contributed by atoms with Gasteiger partial charge in [-0.05, 0) is 35.0 Å². The summed E-state index contributed by atoms with van der Waals surface area (Å²) in [6.07, 6.45) is 5.30. The van der Waals surface area contributed by atoms with Crippen LogP contribution in [-0.4, -0.2) is 36.5 Å². The van der Waals surface area contributed by atoms with Gasteiger partial charge in [-0.1, -0.05) is 0 Å². The predicted octanol–water partition coefficient (Wildman–Crippen LogP) is 2.03. The van der Waals surface area contributed by atoms with Gasteiger partial charge >= 0.3 is 0 Å². The third-order valence-electron chi connectivity index (χ3n) is 2.87. The molecule has 22 heavy (non-hydrogen) atoms. The van der Waals surface area contributed by atoms with Gasteiger partial charge in [-0.3, -0.25) is 9.78 Å². The predicted molar refractivity (Wildman–Crippen MR) is 80.5 cm³/mol. The van der Waals surface area contributed by atoms with E-state index in [4.69, 9.17) is 0 Å². The van der Waals surface area contributed by atoms with E-state index in [9.17, 15) is 9.90 Å². The Balaban J connectivity index is 1.73. The Morgan fingerprint density at radius 2 is 2.09 bits per heavy atom. The third-order valence-corrected chi connectivity index (χ3v) is 3.97. The first-order chi connectivity index (χ1) is 10.7. The fraction of sp³-hybridized carbons (Fsp3) is 0.0714. The Bertz CT molecular complexity index is 796. The molecule has 0 spiro atoms. The maximum absolute atomic E-state index is 12.1. The number of aliphatic hydroxyl groups is 1. The summed E-state index contributed by atoms with van der Waals surface area (Å²) in [5.74, 6) is -0.627. The van der Waals surface area contributed by atoms with Crippen LogP contribution in [0.25, 0.3) is 5.76 Å². The quantitative estimate of drug-likeness (QED) is 0.424. The van der Waals surface area contributed by atoms with E-state index in [1.807, 2.05) is 18.2 Å². The number of thiophene rings is 1. The van der Waals surface area contributed by atoms with Crippen molar-refractivity contribution in [3.05, 3.63) is 63.9 Å². The molecular formula is C14H11N5O2S. The zero-order valence-corrected chi connectivity index (χ0v) is 12.1. The highest BCUT2D eigenvalue weighted by Crippen LogP contribution is 2.21. The first-order valence-electron chi connectivity index (χ1n) is 6.39. The second-order valence-electron chi connectivity index (χ2n) is 4.43. The lowest BCUT2D eigenvalue weighted by molar-refractivity contribution is 0.104. The molecule has 0 aliphatic heterocycles. The maximum Gasteiger partial charge on any atom is 0.239 e. The van der Waals surface area contributed by atoms with Gasteiger partial charge < -0.3 is 5.11 Å². The van der Waals surface area contributed by atoms with Gasteiger partial charge in [-0.15, -0.1) is 21.5 Å². The van der Waals surface area contributed by atoms with E-state index in [0.29, 0.717) is 4.88 Å². The number of aromatic amines is 1. The van der Waals surface area contributed by atoms with Crippen molar-refractivity contribution in [1.29, 1.82) is 0 Å². The number of pyridine rings is 1. The number of hydrogen-bond donors (Lipinski definition) is 2. The smallest absolute Gasteiger partial charge is 0.239 e. The lowest BCUT2D eigenvalue weighted by atomic mass is 10.2. The summed E-state index contributed by atoms with van der Waals surface area (Å²) < 4.78 is 0. The van der Waals surface area contributed by atoms with Crippen LogP contribution in [-0.2, 0) is 6.42 Å². The highest BCUT2D eigenvalue weighted by molar-refractivity contribution is 7.14. The molecule has 3 heterocycles. The molecule has 3 rings (SSSR count). The Morgan fingerprint density at radius 1 is 1.27 bits per heavy atom. The van der Waals surface area contributed by atoms with Crippen LogP contribution in [0.15, 0.2) is 42.7 Å². The Labute approximate surface area is 129 Å². The van der Waals surface area contributed by atoms with Crippen LogP contribution < -0.4 is 0 Å². The van der Waals surface area contributed by atoms with Gasteiger partial charge in [0.15, 0.2) is 11.5 Å². The number of rotatable bonds is 5. The number of H-pyrrole nitrogens is 1. The van der Waals surface area contributed by atoms with E-state index >= 15 is 0 Å². The second-order valence-corrected chi connectivity index (χ2v) is 5.60. The molecule has 0 aromatic carbocycles. The van der Waals surface area contributed by atoms with Crippen LogP contribution in [0.2, 0.25) is 0 Å². The average Bonchev–Trinajstić information content (AvgIpc) is 3.19. The standard InChI is InChI=1S/C14H11N5O2S/c20-11(8-12(21)14-16-18-19-17-14)13-2-1-10(22-13)7-9-3-5-15-6-4-9/h1-6,8,21H,7H2,(H,16,17,18,19). The molecule has 0 atom stereocenters. The number of tetrazole rings is 1. The molecule has 2 N–H and O–H groups in total. The summed E-state index contributed by atoms with van der Waals surface area (Å²) in [4.78, 5) is 17.7. The monoisotopic (exact) mass is 313 g/mol. The molecule has 0 aliphatic rings. The minimum atomic E-state index is -0.317. The Morgan fingerprint density at radius 3 is 2.82 bits per heavy atom. The molecule has 0 saturated heterocycles. The fourth-order valence-electron chi connectivity index (χ4n) is 1.84. The summed E-state index contributed by atoms with van der Waals surface area (Å²) in [5.41, 5.74) is 1.13. The number of nitrogens with zero attached hydrogens (tertiary/aromatic N) is 4. The molecule has 0 fully saturated rings. The molecule has 0 saturated carbocycles. The summed E-state index contributed by atoms with van der Waals surface area (Å²) >= 11 is 1.39. The topological polar surface area (TPSA) is 105 Å². The van der Waals surface area contributed by atoms with Crippen molar-refractivity contribution in [2.75, 3.05) is 0 Å². The van der Waals surface area contributed by atoms with Crippen molar-refractivity contribution < 1.29 is 9.90 Å². The molecular weight excluding hydrogens is 302 g/mol. The van der Waals surface area contributed by atoms with Gasteiger partial charge in [0.05, 0.1) is 4.88 Å². The van der Waals surface area contributed by atoms with Crippen LogP contribution >= 0.6 is 11.3 Å². The molecule has 0 radical (unpaired) electrons. The lowest BCUT2D eigenvalue weighted by Gasteiger charge is -1.96. The molecule has 0 bridgehead atoms. The first-order valence-corrected chi connectivity index (χ1v) is 7.20. The maximum atomic E-state index is 12.1. The summed E-state index contributed by atoms with van der Waals surface area (Å²) in [6.45, 7) is 0. The number of allylic oxidation sites excluding steroid dienone is 1. The number of ketones is 1. The van der Waals surface area contributed by atoms with Crippen LogP contribution in [0.5, 0.6) is 0 Å². The van der Waals surface area contributed by atoms with Gasteiger partial charge in [-0.25, -0.2) is 0 Å². The largest absolute Gasteiger partial charge is 0.504 e.